The predicted molar refractivity (Wildman–Crippen MR) is 112 cm³/mol. The SMILES string of the molecule is CC(C)(C)C1CC(C(=O)N2CCOCC2)CN(S(=O)(=O)c2cccc(CN)c2)C1. The maximum atomic E-state index is 13.4. The van der Waals surface area contributed by atoms with E-state index in [0.717, 1.165) is 5.56 Å². The van der Waals surface area contributed by atoms with E-state index in [0.29, 0.717) is 39.3 Å². The molecule has 162 valence electrons. The molecule has 7 nitrogen and oxygen atoms in total. The van der Waals surface area contributed by atoms with Crippen LogP contribution in [-0.4, -0.2) is 62.9 Å². The van der Waals surface area contributed by atoms with Gasteiger partial charge < -0.3 is 15.4 Å². The van der Waals surface area contributed by atoms with Crippen molar-refractivity contribution in [3.63, 3.8) is 0 Å². The Morgan fingerprint density at radius 1 is 1.21 bits per heavy atom. The van der Waals surface area contributed by atoms with Gasteiger partial charge in [-0.2, -0.15) is 4.31 Å². The zero-order chi connectivity index (χ0) is 21.2. The van der Waals surface area contributed by atoms with Gasteiger partial charge in [0, 0.05) is 32.7 Å². The number of morpholine rings is 1. The third-order valence-corrected chi connectivity index (χ3v) is 7.91. The fourth-order valence-electron chi connectivity index (χ4n) is 4.09. The molecule has 0 aromatic heterocycles. The van der Waals surface area contributed by atoms with E-state index in [2.05, 4.69) is 20.8 Å². The molecule has 0 saturated carbocycles. The number of nitrogens with two attached hydrogens (primary N) is 1. The molecule has 0 bridgehead atoms. The van der Waals surface area contributed by atoms with Crippen molar-refractivity contribution >= 4 is 15.9 Å². The Kier molecular flexibility index (Phi) is 6.67. The van der Waals surface area contributed by atoms with Crippen molar-refractivity contribution in [2.75, 3.05) is 39.4 Å². The van der Waals surface area contributed by atoms with Crippen molar-refractivity contribution in [2.45, 2.75) is 38.6 Å². The first-order chi connectivity index (χ1) is 13.6. The third-order valence-electron chi connectivity index (χ3n) is 6.09. The highest BCUT2D eigenvalue weighted by Gasteiger charge is 2.42. The summed E-state index contributed by atoms with van der Waals surface area (Å²) in [6, 6.07) is 6.78. The average molecular weight is 424 g/mol. The maximum Gasteiger partial charge on any atom is 0.243 e. The lowest BCUT2D eigenvalue weighted by Gasteiger charge is -2.43. The number of benzene rings is 1. The number of piperidine rings is 1. The molecule has 8 heteroatoms. The third kappa shape index (κ3) is 4.99. The van der Waals surface area contributed by atoms with E-state index in [9.17, 15) is 13.2 Å². The minimum atomic E-state index is -3.70. The summed E-state index contributed by atoms with van der Waals surface area (Å²) < 4.78 is 33.7. The Morgan fingerprint density at radius 2 is 1.90 bits per heavy atom. The fraction of sp³-hybridized carbons (Fsp3) is 0.667. The molecule has 1 aromatic carbocycles. The van der Waals surface area contributed by atoms with Crippen LogP contribution in [0.5, 0.6) is 0 Å². The van der Waals surface area contributed by atoms with E-state index in [1.54, 1.807) is 18.2 Å². The molecule has 1 aromatic rings. The van der Waals surface area contributed by atoms with E-state index in [-0.39, 0.29) is 41.1 Å². The lowest BCUT2D eigenvalue weighted by Crippen LogP contribution is -2.53. The van der Waals surface area contributed by atoms with Gasteiger partial charge in [0.2, 0.25) is 15.9 Å². The molecule has 2 fully saturated rings. The Bertz CT molecular complexity index is 829. The molecule has 0 radical (unpaired) electrons. The van der Waals surface area contributed by atoms with Gasteiger partial charge in [-0.15, -0.1) is 0 Å². The molecule has 2 aliphatic heterocycles. The van der Waals surface area contributed by atoms with Gasteiger partial charge in [-0.25, -0.2) is 8.42 Å². The van der Waals surface area contributed by atoms with Crippen LogP contribution in [-0.2, 0) is 26.1 Å². The predicted octanol–water partition coefficient (Wildman–Crippen LogP) is 1.68. The highest BCUT2D eigenvalue weighted by Crippen LogP contribution is 2.38. The molecule has 3 rings (SSSR count). The van der Waals surface area contributed by atoms with E-state index in [1.807, 2.05) is 11.0 Å². The van der Waals surface area contributed by atoms with Crippen LogP contribution in [0.2, 0.25) is 0 Å². The van der Waals surface area contributed by atoms with Crippen LogP contribution in [0.15, 0.2) is 29.2 Å². The quantitative estimate of drug-likeness (QED) is 0.795. The summed E-state index contributed by atoms with van der Waals surface area (Å²) in [6.07, 6.45) is 0.703. The monoisotopic (exact) mass is 423 g/mol. The molecule has 2 N–H and O–H groups in total. The molecule has 2 heterocycles. The zero-order valence-corrected chi connectivity index (χ0v) is 18.5. The van der Waals surface area contributed by atoms with Crippen LogP contribution in [0.4, 0.5) is 0 Å². The van der Waals surface area contributed by atoms with Gasteiger partial charge in [0.25, 0.3) is 0 Å². The molecular weight excluding hydrogens is 390 g/mol. The van der Waals surface area contributed by atoms with Crippen molar-refractivity contribution < 1.29 is 17.9 Å². The zero-order valence-electron chi connectivity index (χ0n) is 17.6. The second kappa shape index (κ2) is 8.71. The molecule has 29 heavy (non-hydrogen) atoms. The van der Waals surface area contributed by atoms with Crippen molar-refractivity contribution in [1.29, 1.82) is 0 Å². The first-order valence-electron chi connectivity index (χ1n) is 10.3. The van der Waals surface area contributed by atoms with Crippen LogP contribution >= 0.6 is 0 Å². The van der Waals surface area contributed by atoms with Gasteiger partial charge >= 0.3 is 0 Å². The Balaban J connectivity index is 1.89. The molecule has 2 aliphatic rings. The summed E-state index contributed by atoms with van der Waals surface area (Å²) in [5, 5.41) is 0. The summed E-state index contributed by atoms with van der Waals surface area (Å²) in [4.78, 5) is 15.2. The summed E-state index contributed by atoms with van der Waals surface area (Å²) >= 11 is 0. The van der Waals surface area contributed by atoms with Gasteiger partial charge in [0.15, 0.2) is 0 Å². The number of carbonyl (C=O) groups excluding carboxylic acids is 1. The number of sulfonamides is 1. The van der Waals surface area contributed by atoms with Gasteiger partial charge in [-0.1, -0.05) is 32.9 Å². The second-order valence-electron chi connectivity index (χ2n) is 9.11. The van der Waals surface area contributed by atoms with Crippen molar-refractivity contribution in [2.24, 2.45) is 23.0 Å². The number of nitrogens with zero attached hydrogens (tertiary/aromatic N) is 2. The van der Waals surface area contributed by atoms with Gasteiger partial charge in [0.05, 0.1) is 24.0 Å². The Morgan fingerprint density at radius 3 is 2.52 bits per heavy atom. The smallest absolute Gasteiger partial charge is 0.243 e. The highest BCUT2D eigenvalue weighted by atomic mass is 32.2. The van der Waals surface area contributed by atoms with Gasteiger partial charge in [0.1, 0.15) is 0 Å². The normalized spacial score (nSPS) is 24.5. The van der Waals surface area contributed by atoms with Crippen LogP contribution in [0.25, 0.3) is 0 Å². The topological polar surface area (TPSA) is 92.9 Å². The number of hydrogen-bond acceptors (Lipinski definition) is 5. The van der Waals surface area contributed by atoms with E-state index in [4.69, 9.17) is 10.5 Å². The number of hydrogen-bond donors (Lipinski definition) is 1. The molecule has 1 amide bonds. The lowest BCUT2D eigenvalue weighted by molar-refractivity contribution is -0.142. The molecule has 0 aliphatic carbocycles. The highest BCUT2D eigenvalue weighted by molar-refractivity contribution is 7.89. The Hall–Kier alpha value is -1.48. The van der Waals surface area contributed by atoms with Crippen LogP contribution in [0.1, 0.15) is 32.8 Å². The maximum absolute atomic E-state index is 13.4. The molecular formula is C21H33N3O4S. The van der Waals surface area contributed by atoms with E-state index in [1.165, 1.54) is 4.31 Å². The van der Waals surface area contributed by atoms with Crippen LogP contribution < -0.4 is 5.73 Å². The fourth-order valence-corrected chi connectivity index (χ4v) is 5.69. The molecule has 2 atom stereocenters. The number of carbonyl (C=O) groups is 1. The molecule has 2 saturated heterocycles. The van der Waals surface area contributed by atoms with Crippen LogP contribution in [0.3, 0.4) is 0 Å². The summed E-state index contributed by atoms with van der Waals surface area (Å²) in [5.41, 5.74) is 6.37. The first-order valence-corrected chi connectivity index (χ1v) is 11.7. The molecule has 2 unspecified atom stereocenters. The number of ether oxygens (including phenoxy) is 1. The minimum Gasteiger partial charge on any atom is -0.378 e. The number of rotatable bonds is 4. The van der Waals surface area contributed by atoms with Crippen molar-refractivity contribution in [3.05, 3.63) is 29.8 Å². The summed E-state index contributed by atoms with van der Waals surface area (Å²) in [6.45, 7) is 9.47. The minimum absolute atomic E-state index is 0.0400. The van der Waals surface area contributed by atoms with Crippen molar-refractivity contribution in [3.8, 4) is 0 Å². The number of amides is 1. The average Bonchev–Trinajstić information content (AvgIpc) is 2.73. The standard InChI is InChI=1S/C21H33N3O4S/c1-21(2,3)18-12-17(20(25)23-7-9-28-10-8-23)14-24(15-18)29(26,27)19-6-4-5-16(11-19)13-22/h4-6,11,17-18H,7-10,12-15,22H2,1-3H3. The van der Waals surface area contributed by atoms with Gasteiger partial charge in [-0.05, 0) is 35.4 Å². The Labute approximate surface area is 174 Å². The van der Waals surface area contributed by atoms with E-state index >= 15 is 0 Å². The molecule has 0 spiro atoms. The van der Waals surface area contributed by atoms with Crippen LogP contribution in [0, 0.1) is 17.3 Å². The van der Waals surface area contributed by atoms with Gasteiger partial charge in [-0.3, -0.25) is 4.79 Å². The second-order valence-corrected chi connectivity index (χ2v) is 11.0. The van der Waals surface area contributed by atoms with E-state index < -0.39 is 10.0 Å². The lowest BCUT2D eigenvalue weighted by atomic mass is 9.73. The largest absolute Gasteiger partial charge is 0.378 e. The van der Waals surface area contributed by atoms with Crippen molar-refractivity contribution in [1.82, 2.24) is 9.21 Å². The first kappa shape index (κ1) is 22.2. The summed E-state index contributed by atoms with van der Waals surface area (Å²) in [5.74, 6) is -0.199. The summed E-state index contributed by atoms with van der Waals surface area (Å²) in [7, 11) is -3.70.